The van der Waals surface area contributed by atoms with Crippen molar-refractivity contribution in [1.82, 2.24) is 4.90 Å². The van der Waals surface area contributed by atoms with E-state index in [0.717, 1.165) is 23.2 Å². The monoisotopic (exact) mass is 345 g/mol. The predicted molar refractivity (Wildman–Crippen MR) is 84.2 cm³/mol. The molecule has 19 heavy (non-hydrogen) atoms. The Labute approximate surface area is 129 Å². The lowest BCUT2D eigenvalue weighted by Crippen LogP contribution is -2.42. The van der Waals surface area contributed by atoms with Crippen LogP contribution in [0.5, 0.6) is 5.75 Å². The van der Waals surface area contributed by atoms with Crippen molar-refractivity contribution in [3.63, 3.8) is 0 Å². The fraction of sp³-hybridized carbons (Fsp3) is 0.600. The molecule has 2 atom stereocenters. The molecule has 1 aromatic carbocycles. The number of alkyl halides is 1. The summed E-state index contributed by atoms with van der Waals surface area (Å²) in [5.74, 6) is 0.911. The van der Waals surface area contributed by atoms with Gasteiger partial charge in [-0.05, 0) is 38.1 Å². The first-order valence-corrected chi connectivity index (χ1v) is 8.12. The van der Waals surface area contributed by atoms with Crippen molar-refractivity contribution in [2.75, 3.05) is 20.2 Å². The Kier molecular flexibility index (Phi) is 5.99. The highest BCUT2D eigenvalue weighted by Crippen LogP contribution is 2.26. The Morgan fingerprint density at radius 2 is 2.16 bits per heavy atom. The van der Waals surface area contributed by atoms with Gasteiger partial charge < -0.3 is 4.74 Å². The molecule has 1 saturated carbocycles. The number of nitrogens with zero attached hydrogens (tertiary/aromatic N) is 1. The highest BCUT2D eigenvalue weighted by Gasteiger charge is 2.26. The molecule has 2 rings (SSSR count). The van der Waals surface area contributed by atoms with Crippen molar-refractivity contribution >= 4 is 27.5 Å². The van der Waals surface area contributed by atoms with Crippen LogP contribution in [0.25, 0.3) is 0 Å². The van der Waals surface area contributed by atoms with Gasteiger partial charge in [0, 0.05) is 22.4 Å². The number of rotatable bonds is 5. The normalized spacial score (nSPS) is 23.6. The van der Waals surface area contributed by atoms with Gasteiger partial charge in [0.1, 0.15) is 12.4 Å². The average molecular weight is 347 g/mol. The SMILES string of the molecule is CN(CCOc1cccc(Br)c1)C1CCCCC1Cl. The van der Waals surface area contributed by atoms with E-state index in [9.17, 15) is 0 Å². The topological polar surface area (TPSA) is 12.5 Å². The summed E-state index contributed by atoms with van der Waals surface area (Å²) < 4.78 is 6.82. The van der Waals surface area contributed by atoms with Crippen LogP contribution in [0.2, 0.25) is 0 Å². The van der Waals surface area contributed by atoms with Gasteiger partial charge in [0.05, 0.1) is 0 Å². The Morgan fingerprint density at radius 3 is 2.89 bits per heavy atom. The van der Waals surface area contributed by atoms with E-state index in [0.29, 0.717) is 18.0 Å². The van der Waals surface area contributed by atoms with Gasteiger partial charge in [0.15, 0.2) is 0 Å². The third-order valence-electron chi connectivity index (χ3n) is 3.72. The maximum atomic E-state index is 6.41. The van der Waals surface area contributed by atoms with Crippen molar-refractivity contribution in [1.29, 1.82) is 0 Å². The van der Waals surface area contributed by atoms with E-state index in [-0.39, 0.29) is 0 Å². The minimum absolute atomic E-state index is 0.296. The molecule has 1 aromatic rings. The van der Waals surface area contributed by atoms with Gasteiger partial charge in [-0.15, -0.1) is 11.6 Å². The van der Waals surface area contributed by atoms with Crippen LogP contribution in [0.3, 0.4) is 0 Å². The number of benzene rings is 1. The van der Waals surface area contributed by atoms with Crippen LogP contribution in [0.15, 0.2) is 28.7 Å². The van der Waals surface area contributed by atoms with Crippen LogP contribution >= 0.6 is 27.5 Å². The Morgan fingerprint density at radius 1 is 1.37 bits per heavy atom. The number of hydrogen-bond donors (Lipinski definition) is 0. The van der Waals surface area contributed by atoms with Gasteiger partial charge >= 0.3 is 0 Å². The minimum atomic E-state index is 0.296. The first-order valence-electron chi connectivity index (χ1n) is 6.89. The summed E-state index contributed by atoms with van der Waals surface area (Å²) in [7, 11) is 2.15. The van der Waals surface area contributed by atoms with E-state index in [1.165, 1.54) is 19.3 Å². The highest BCUT2D eigenvalue weighted by molar-refractivity contribution is 9.10. The largest absolute Gasteiger partial charge is 0.492 e. The number of likely N-dealkylation sites (N-methyl/N-ethyl adjacent to an activating group) is 1. The lowest BCUT2D eigenvalue weighted by Gasteiger charge is -2.34. The van der Waals surface area contributed by atoms with Crippen LogP contribution in [0.4, 0.5) is 0 Å². The molecule has 106 valence electrons. The quantitative estimate of drug-likeness (QED) is 0.737. The highest BCUT2D eigenvalue weighted by atomic mass is 79.9. The number of ether oxygens (including phenoxy) is 1. The van der Waals surface area contributed by atoms with Crippen LogP contribution in [0, 0.1) is 0 Å². The van der Waals surface area contributed by atoms with Crippen molar-refractivity contribution < 1.29 is 4.74 Å². The molecule has 2 unspecified atom stereocenters. The van der Waals surface area contributed by atoms with Crippen molar-refractivity contribution in [2.45, 2.75) is 37.1 Å². The zero-order valence-corrected chi connectivity index (χ0v) is 13.7. The van der Waals surface area contributed by atoms with E-state index in [1.807, 2.05) is 24.3 Å². The lowest BCUT2D eigenvalue weighted by atomic mass is 9.94. The van der Waals surface area contributed by atoms with Crippen LogP contribution < -0.4 is 4.74 Å². The second-order valence-corrected chi connectivity index (χ2v) is 6.63. The molecule has 0 heterocycles. The molecular formula is C15H21BrClNO. The summed E-state index contributed by atoms with van der Waals surface area (Å²) in [6.45, 7) is 1.62. The first-order chi connectivity index (χ1) is 9.16. The van der Waals surface area contributed by atoms with Gasteiger partial charge in [-0.3, -0.25) is 4.90 Å². The Balaban J connectivity index is 1.75. The maximum Gasteiger partial charge on any atom is 0.120 e. The third kappa shape index (κ3) is 4.66. The summed E-state index contributed by atoms with van der Waals surface area (Å²) in [5, 5.41) is 0.296. The molecule has 0 spiro atoms. The van der Waals surface area contributed by atoms with Crippen LogP contribution in [-0.4, -0.2) is 36.5 Å². The minimum Gasteiger partial charge on any atom is -0.492 e. The maximum absolute atomic E-state index is 6.41. The summed E-state index contributed by atoms with van der Waals surface area (Å²) in [6, 6.07) is 8.46. The fourth-order valence-corrected chi connectivity index (χ4v) is 3.44. The molecule has 0 aliphatic heterocycles. The molecule has 2 nitrogen and oxygen atoms in total. The van der Waals surface area contributed by atoms with Gasteiger partial charge in [0.2, 0.25) is 0 Å². The standard InChI is InChI=1S/C15H21BrClNO/c1-18(15-8-3-2-7-14(15)17)9-10-19-13-6-4-5-12(16)11-13/h4-6,11,14-15H,2-3,7-10H2,1H3. The molecule has 0 bridgehead atoms. The number of hydrogen-bond acceptors (Lipinski definition) is 2. The van der Waals surface area contributed by atoms with E-state index in [1.54, 1.807) is 0 Å². The predicted octanol–water partition coefficient (Wildman–Crippen LogP) is 4.31. The fourth-order valence-electron chi connectivity index (χ4n) is 2.59. The molecule has 1 aliphatic rings. The molecule has 4 heteroatoms. The van der Waals surface area contributed by atoms with Crippen LogP contribution in [0.1, 0.15) is 25.7 Å². The summed E-state index contributed by atoms with van der Waals surface area (Å²) in [5.41, 5.74) is 0. The van der Waals surface area contributed by atoms with E-state index in [4.69, 9.17) is 16.3 Å². The summed E-state index contributed by atoms with van der Waals surface area (Å²) >= 11 is 9.85. The first kappa shape index (κ1) is 15.1. The van der Waals surface area contributed by atoms with E-state index in [2.05, 4.69) is 27.9 Å². The number of halogens is 2. The van der Waals surface area contributed by atoms with Gasteiger partial charge in [-0.2, -0.15) is 0 Å². The van der Waals surface area contributed by atoms with Crippen molar-refractivity contribution in [2.24, 2.45) is 0 Å². The molecule has 1 aliphatic carbocycles. The summed E-state index contributed by atoms with van der Waals surface area (Å²) in [4.78, 5) is 2.34. The lowest BCUT2D eigenvalue weighted by molar-refractivity contribution is 0.163. The molecule has 0 aromatic heterocycles. The van der Waals surface area contributed by atoms with Crippen molar-refractivity contribution in [3.8, 4) is 5.75 Å². The van der Waals surface area contributed by atoms with Gasteiger partial charge in [0.25, 0.3) is 0 Å². The Hall–Kier alpha value is -0.250. The van der Waals surface area contributed by atoms with Crippen LogP contribution in [-0.2, 0) is 0 Å². The zero-order valence-electron chi connectivity index (χ0n) is 11.3. The zero-order chi connectivity index (χ0) is 13.7. The average Bonchev–Trinajstić information content (AvgIpc) is 2.39. The third-order valence-corrected chi connectivity index (χ3v) is 4.72. The molecule has 1 fully saturated rings. The Bertz CT molecular complexity index is 401. The molecule has 0 radical (unpaired) electrons. The van der Waals surface area contributed by atoms with Gasteiger partial charge in [-0.25, -0.2) is 0 Å². The van der Waals surface area contributed by atoms with E-state index >= 15 is 0 Å². The molecular weight excluding hydrogens is 326 g/mol. The smallest absolute Gasteiger partial charge is 0.120 e. The van der Waals surface area contributed by atoms with E-state index < -0.39 is 0 Å². The van der Waals surface area contributed by atoms with Crippen molar-refractivity contribution in [3.05, 3.63) is 28.7 Å². The molecule has 0 N–H and O–H groups in total. The molecule has 0 saturated heterocycles. The second kappa shape index (κ2) is 7.51. The second-order valence-electron chi connectivity index (χ2n) is 5.15. The molecule has 0 amide bonds. The van der Waals surface area contributed by atoms with Gasteiger partial charge in [-0.1, -0.05) is 34.8 Å². The summed E-state index contributed by atoms with van der Waals surface area (Å²) in [6.07, 6.45) is 4.92.